The fourth-order valence-corrected chi connectivity index (χ4v) is 2.57. The van der Waals surface area contributed by atoms with Gasteiger partial charge in [-0.2, -0.15) is 0 Å². The third kappa shape index (κ3) is 3.15. The van der Waals surface area contributed by atoms with Crippen molar-refractivity contribution in [1.29, 1.82) is 0 Å². The number of guanidine groups is 1. The SMILES string of the molecule is CCNC(=NCc1ccoc1)NC1CC(OC)C1(C)C. The Morgan fingerprint density at radius 1 is 1.55 bits per heavy atom. The first-order valence-corrected chi connectivity index (χ1v) is 7.16. The zero-order chi connectivity index (χ0) is 14.6. The summed E-state index contributed by atoms with van der Waals surface area (Å²) in [6, 6.07) is 2.32. The summed E-state index contributed by atoms with van der Waals surface area (Å²) in [6.45, 7) is 7.98. The predicted octanol–water partition coefficient (Wildman–Crippen LogP) is 2.15. The number of furan rings is 1. The van der Waals surface area contributed by atoms with E-state index in [0.717, 1.165) is 24.5 Å². The topological polar surface area (TPSA) is 58.8 Å². The molecule has 0 spiro atoms. The summed E-state index contributed by atoms with van der Waals surface area (Å²) >= 11 is 0. The van der Waals surface area contributed by atoms with Gasteiger partial charge in [0.15, 0.2) is 5.96 Å². The van der Waals surface area contributed by atoms with E-state index in [2.05, 4.69) is 36.4 Å². The minimum absolute atomic E-state index is 0.126. The quantitative estimate of drug-likeness (QED) is 0.640. The summed E-state index contributed by atoms with van der Waals surface area (Å²) in [6.07, 6.45) is 4.72. The van der Waals surface area contributed by atoms with Gasteiger partial charge in [0.1, 0.15) is 0 Å². The number of hydrogen-bond acceptors (Lipinski definition) is 3. The number of aliphatic imine (C=N–C) groups is 1. The van der Waals surface area contributed by atoms with Gasteiger partial charge < -0.3 is 19.8 Å². The van der Waals surface area contributed by atoms with Crippen LogP contribution in [0.1, 0.15) is 32.8 Å². The van der Waals surface area contributed by atoms with Gasteiger partial charge >= 0.3 is 0 Å². The standard InChI is InChI=1S/C15H25N3O2/c1-5-16-14(17-9-11-6-7-20-10-11)18-12-8-13(19-4)15(12,2)3/h6-7,10,12-13H,5,8-9H2,1-4H3,(H2,16,17,18). The average molecular weight is 279 g/mol. The summed E-state index contributed by atoms with van der Waals surface area (Å²) in [5.41, 5.74) is 1.20. The first kappa shape index (κ1) is 14.9. The van der Waals surface area contributed by atoms with E-state index in [1.54, 1.807) is 19.6 Å². The van der Waals surface area contributed by atoms with Gasteiger partial charge in [-0.25, -0.2) is 4.99 Å². The Labute approximate surface area is 120 Å². The second-order valence-electron chi connectivity index (χ2n) is 5.81. The molecule has 0 saturated heterocycles. The van der Waals surface area contributed by atoms with Gasteiger partial charge in [0.25, 0.3) is 0 Å². The molecule has 2 atom stereocenters. The van der Waals surface area contributed by atoms with Gasteiger partial charge in [0.2, 0.25) is 0 Å². The Kier molecular flexibility index (Phi) is 4.70. The van der Waals surface area contributed by atoms with E-state index >= 15 is 0 Å². The van der Waals surface area contributed by atoms with Crippen LogP contribution in [0.3, 0.4) is 0 Å². The van der Waals surface area contributed by atoms with Gasteiger partial charge in [-0.3, -0.25) is 0 Å². The normalized spacial score (nSPS) is 25.1. The molecule has 1 aromatic rings. The lowest BCUT2D eigenvalue weighted by Gasteiger charge is -2.51. The van der Waals surface area contributed by atoms with Crippen molar-refractivity contribution < 1.29 is 9.15 Å². The molecule has 2 N–H and O–H groups in total. The Hall–Kier alpha value is -1.49. The van der Waals surface area contributed by atoms with Crippen LogP contribution in [0.2, 0.25) is 0 Å². The zero-order valence-corrected chi connectivity index (χ0v) is 12.8. The first-order valence-electron chi connectivity index (χ1n) is 7.16. The van der Waals surface area contributed by atoms with Crippen molar-refractivity contribution in [2.75, 3.05) is 13.7 Å². The first-order chi connectivity index (χ1) is 9.57. The molecule has 1 aliphatic carbocycles. The zero-order valence-electron chi connectivity index (χ0n) is 12.8. The van der Waals surface area contributed by atoms with Crippen molar-refractivity contribution in [3.63, 3.8) is 0 Å². The van der Waals surface area contributed by atoms with Crippen molar-refractivity contribution in [2.24, 2.45) is 10.4 Å². The maximum Gasteiger partial charge on any atom is 0.191 e. The van der Waals surface area contributed by atoms with E-state index < -0.39 is 0 Å². The summed E-state index contributed by atoms with van der Waals surface area (Å²) < 4.78 is 10.5. The van der Waals surface area contributed by atoms with E-state index in [0.29, 0.717) is 18.7 Å². The Morgan fingerprint density at radius 2 is 2.35 bits per heavy atom. The second-order valence-corrected chi connectivity index (χ2v) is 5.81. The highest BCUT2D eigenvalue weighted by Gasteiger charge is 2.48. The monoisotopic (exact) mass is 279 g/mol. The van der Waals surface area contributed by atoms with Crippen LogP contribution in [0.25, 0.3) is 0 Å². The fraction of sp³-hybridized carbons (Fsp3) is 0.667. The summed E-state index contributed by atoms with van der Waals surface area (Å²) in [5, 5.41) is 6.78. The third-order valence-electron chi connectivity index (χ3n) is 4.12. The van der Waals surface area contributed by atoms with Crippen LogP contribution in [0.5, 0.6) is 0 Å². The molecular formula is C15H25N3O2. The van der Waals surface area contributed by atoms with Crippen molar-refractivity contribution in [2.45, 2.75) is 45.9 Å². The van der Waals surface area contributed by atoms with Gasteiger partial charge in [0.05, 0.1) is 25.2 Å². The molecule has 5 heteroatoms. The van der Waals surface area contributed by atoms with Crippen molar-refractivity contribution >= 4 is 5.96 Å². The smallest absolute Gasteiger partial charge is 0.191 e. The summed E-state index contributed by atoms with van der Waals surface area (Å²) in [7, 11) is 1.78. The van der Waals surface area contributed by atoms with Crippen LogP contribution in [0.15, 0.2) is 28.0 Å². The van der Waals surface area contributed by atoms with Crippen LogP contribution in [0.4, 0.5) is 0 Å². The van der Waals surface area contributed by atoms with Crippen molar-refractivity contribution in [3.05, 3.63) is 24.2 Å². The van der Waals surface area contributed by atoms with Crippen LogP contribution >= 0.6 is 0 Å². The highest BCUT2D eigenvalue weighted by atomic mass is 16.5. The highest BCUT2D eigenvalue weighted by molar-refractivity contribution is 5.80. The molecule has 1 fully saturated rings. The lowest BCUT2D eigenvalue weighted by molar-refractivity contribution is -0.0922. The maximum absolute atomic E-state index is 5.48. The van der Waals surface area contributed by atoms with E-state index in [1.165, 1.54) is 0 Å². The van der Waals surface area contributed by atoms with E-state index in [-0.39, 0.29) is 5.41 Å². The maximum atomic E-state index is 5.48. The van der Waals surface area contributed by atoms with Crippen molar-refractivity contribution in [1.82, 2.24) is 10.6 Å². The second kappa shape index (κ2) is 6.31. The van der Waals surface area contributed by atoms with E-state index in [1.807, 2.05) is 6.07 Å². The molecule has 1 aromatic heterocycles. The van der Waals surface area contributed by atoms with Gasteiger partial charge in [0, 0.05) is 30.7 Å². The Morgan fingerprint density at radius 3 is 2.90 bits per heavy atom. The van der Waals surface area contributed by atoms with Crippen LogP contribution in [0, 0.1) is 5.41 Å². The molecule has 20 heavy (non-hydrogen) atoms. The minimum atomic E-state index is 0.126. The summed E-state index contributed by atoms with van der Waals surface area (Å²) in [4.78, 5) is 4.59. The molecule has 1 saturated carbocycles. The van der Waals surface area contributed by atoms with Crippen molar-refractivity contribution in [3.8, 4) is 0 Å². The number of ether oxygens (including phenoxy) is 1. The van der Waals surface area contributed by atoms with Crippen LogP contribution in [-0.2, 0) is 11.3 Å². The number of nitrogens with one attached hydrogen (secondary N) is 2. The fourth-order valence-electron chi connectivity index (χ4n) is 2.57. The minimum Gasteiger partial charge on any atom is -0.472 e. The molecule has 0 bridgehead atoms. The number of methoxy groups -OCH3 is 1. The third-order valence-corrected chi connectivity index (χ3v) is 4.12. The van der Waals surface area contributed by atoms with Crippen LogP contribution < -0.4 is 10.6 Å². The van der Waals surface area contributed by atoms with Gasteiger partial charge in [-0.05, 0) is 19.4 Å². The molecule has 0 aromatic carbocycles. The molecular weight excluding hydrogens is 254 g/mol. The van der Waals surface area contributed by atoms with Gasteiger partial charge in [-0.1, -0.05) is 13.8 Å². The molecule has 1 aliphatic rings. The summed E-state index contributed by atoms with van der Waals surface area (Å²) in [5.74, 6) is 0.848. The van der Waals surface area contributed by atoms with E-state index in [9.17, 15) is 0 Å². The average Bonchev–Trinajstić information content (AvgIpc) is 2.93. The molecule has 1 heterocycles. The van der Waals surface area contributed by atoms with Gasteiger partial charge in [-0.15, -0.1) is 0 Å². The Balaban J connectivity index is 1.94. The molecule has 2 rings (SSSR count). The van der Waals surface area contributed by atoms with E-state index in [4.69, 9.17) is 9.15 Å². The lowest BCUT2D eigenvalue weighted by atomic mass is 9.64. The molecule has 0 radical (unpaired) electrons. The Bertz CT molecular complexity index is 440. The molecule has 112 valence electrons. The lowest BCUT2D eigenvalue weighted by Crippen LogP contribution is -2.63. The molecule has 0 amide bonds. The molecule has 5 nitrogen and oxygen atoms in total. The number of hydrogen-bond donors (Lipinski definition) is 2. The molecule has 0 aliphatic heterocycles. The largest absolute Gasteiger partial charge is 0.472 e. The van der Waals surface area contributed by atoms with Crippen LogP contribution in [-0.4, -0.2) is 31.8 Å². The highest BCUT2D eigenvalue weighted by Crippen LogP contribution is 2.42. The predicted molar refractivity (Wildman–Crippen MR) is 79.6 cm³/mol. The number of rotatable bonds is 5. The molecule has 2 unspecified atom stereocenters. The number of nitrogens with zero attached hydrogens (tertiary/aromatic N) is 1.